The van der Waals surface area contributed by atoms with Crippen LogP contribution < -0.4 is 55.5 Å². The average Bonchev–Trinajstić information content (AvgIpc) is 2.31. The molecule has 1 aromatic rings. The Balaban J connectivity index is -0.000000151. The number of likely N-dealkylation sites (N-methyl/N-ethyl adjacent to an activating group) is 1. The zero-order valence-corrected chi connectivity index (χ0v) is 15.8. The van der Waals surface area contributed by atoms with Gasteiger partial charge in [-0.2, -0.15) is 0 Å². The first-order valence-corrected chi connectivity index (χ1v) is 3.77. The molecule has 0 amide bonds. The number of aromatic nitrogens is 2. The van der Waals surface area contributed by atoms with Gasteiger partial charge in [-0.15, -0.1) is 0 Å². The molecule has 0 unspecified atom stereocenters. The predicted octanol–water partition coefficient (Wildman–Crippen LogP) is -9.32. The van der Waals surface area contributed by atoms with Gasteiger partial charge in [0.2, 0.25) is 6.33 Å². The summed E-state index contributed by atoms with van der Waals surface area (Å²) in [6.07, 6.45) is 7.16. The first kappa shape index (κ1) is 25.3. The van der Waals surface area contributed by atoms with E-state index in [9.17, 15) is 0 Å². The predicted molar refractivity (Wildman–Crippen MR) is 43.0 cm³/mol. The summed E-state index contributed by atoms with van der Waals surface area (Å²) in [6.45, 7) is 2.07. The number of imidazole rings is 1. The molecule has 1 rings (SSSR count). The van der Waals surface area contributed by atoms with E-state index in [4.69, 9.17) is 0 Å². The summed E-state index contributed by atoms with van der Waals surface area (Å²) in [5, 5.41) is 0. The zero-order valence-electron chi connectivity index (χ0n) is 8.85. The fourth-order valence-corrected chi connectivity index (χ4v) is 0.882. The maximum atomic E-state index is 3.14. The Bertz CT molecular complexity index is 231. The van der Waals surface area contributed by atoms with Crippen LogP contribution >= 0.6 is 0 Å². The van der Waals surface area contributed by atoms with Crippen molar-refractivity contribution in [2.24, 2.45) is 7.05 Å². The van der Waals surface area contributed by atoms with Gasteiger partial charge in [-0.1, -0.05) is 0 Å². The zero-order chi connectivity index (χ0) is 8.27. The van der Waals surface area contributed by atoms with Crippen molar-refractivity contribution in [1.29, 1.82) is 0 Å². The summed E-state index contributed by atoms with van der Waals surface area (Å²) in [4.78, 5) is 2.16. The summed E-state index contributed by atoms with van der Waals surface area (Å²) < 4.78 is 3.98. The molecule has 0 aliphatic rings. The largest absolute Gasteiger partial charge is 3.00 e. The van der Waals surface area contributed by atoms with Gasteiger partial charge < -0.3 is 65.0 Å². The second-order valence-electron chi connectivity index (χ2n) is 3.01. The number of aryl methyl sites for hydroxylation is 1. The second-order valence-corrected chi connectivity index (χ2v) is 3.01. The van der Waals surface area contributed by atoms with Gasteiger partial charge >= 0.3 is 22.4 Å². The summed E-state index contributed by atoms with van der Waals surface area (Å²) in [5.41, 5.74) is 0. The van der Waals surface area contributed by atoms with E-state index in [1.54, 1.807) is 0 Å². The minimum Gasteiger partial charge on any atom is -1.00 e. The normalized spacial score (nSPS) is 8.00. The van der Waals surface area contributed by atoms with Gasteiger partial charge in [0.1, 0.15) is 0 Å². The number of rotatable bonds is 3. The second kappa shape index (κ2) is 13.4. The standard InChI is InChI=1S/C8H15N3.Au.3BrH/c1-9(2)4-6-11-7-5-10(3)8-11;;;;/h5,7H,4,6H2,1-3H3;;3*1H/q;+3;;;/p-3. The molecule has 0 bridgehead atoms. The van der Waals surface area contributed by atoms with Crippen molar-refractivity contribution in [2.45, 2.75) is 6.54 Å². The van der Waals surface area contributed by atoms with E-state index < -0.39 is 0 Å². The van der Waals surface area contributed by atoms with Crippen LogP contribution in [0, 0.1) is 6.33 Å². The molecule has 1 heterocycles. The van der Waals surface area contributed by atoms with Crippen molar-refractivity contribution in [3.05, 3.63) is 18.7 Å². The maximum Gasteiger partial charge on any atom is 3.00 e. The van der Waals surface area contributed by atoms with Crippen LogP contribution in [0.5, 0.6) is 0 Å². The van der Waals surface area contributed by atoms with Crippen molar-refractivity contribution < 1.29 is 77.9 Å². The van der Waals surface area contributed by atoms with Crippen molar-refractivity contribution in [1.82, 2.24) is 9.47 Å². The molecule has 1 aromatic heterocycles. The van der Waals surface area contributed by atoms with Gasteiger partial charge in [-0.3, -0.25) is 0 Å². The SMILES string of the molecule is CN(C)CCn1[c-][n+](C)cc1.[Au+3].[Br-].[Br-].[Br-]. The summed E-state index contributed by atoms with van der Waals surface area (Å²) in [5.74, 6) is 0. The van der Waals surface area contributed by atoms with Gasteiger partial charge in [-0.05, 0) is 26.5 Å². The topological polar surface area (TPSA) is 12.1 Å². The third kappa shape index (κ3) is 11.6. The Morgan fingerprint density at radius 3 is 2.13 bits per heavy atom. The smallest absolute Gasteiger partial charge is 1.00 e. The van der Waals surface area contributed by atoms with Gasteiger partial charge in [0.05, 0.1) is 13.6 Å². The molecule has 0 saturated heterocycles. The summed E-state index contributed by atoms with van der Waals surface area (Å²) in [6, 6.07) is 0. The number of hydrogen-bond acceptors (Lipinski definition) is 1. The Kier molecular flexibility index (Phi) is 22.6. The van der Waals surface area contributed by atoms with Crippen LogP contribution in [0.3, 0.4) is 0 Å². The Morgan fingerprint density at radius 1 is 1.27 bits per heavy atom. The maximum absolute atomic E-state index is 3.14. The van der Waals surface area contributed by atoms with Crippen LogP contribution in [0.25, 0.3) is 0 Å². The number of halogens is 3. The monoisotopic (exact) mass is 587 g/mol. The van der Waals surface area contributed by atoms with E-state index >= 15 is 0 Å². The van der Waals surface area contributed by atoms with E-state index in [2.05, 4.69) is 29.9 Å². The van der Waals surface area contributed by atoms with Crippen molar-refractivity contribution in [3.8, 4) is 0 Å². The third-order valence-electron chi connectivity index (χ3n) is 1.54. The molecule has 0 N–H and O–H groups in total. The van der Waals surface area contributed by atoms with Crippen molar-refractivity contribution in [3.63, 3.8) is 0 Å². The molecule has 15 heavy (non-hydrogen) atoms. The third-order valence-corrected chi connectivity index (χ3v) is 1.54. The molecule has 7 heteroatoms. The molecule has 0 spiro atoms. The average molecular weight is 590 g/mol. The minimum absolute atomic E-state index is 0. The summed E-state index contributed by atoms with van der Waals surface area (Å²) >= 11 is 0. The first-order chi connectivity index (χ1) is 5.18. The van der Waals surface area contributed by atoms with E-state index in [1.165, 1.54) is 0 Å². The molecular weight excluding hydrogens is 575 g/mol. The number of hydrogen-bond donors (Lipinski definition) is 0. The van der Waals surface area contributed by atoms with Crippen LogP contribution in [-0.4, -0.2) is 30.1 Å². The quantitative estimate of drug-likeness (QED) is 0.194. The fraction of sp³-hybridized carbons (Fsp3) is 0.625. The molecule has 0 aliphatic carbocycles. The molecule has 0 saturated carbocycles. The molecule has 94 valence electrons. The molecule has 0 fully saturated rings. The van der Waals surface area contributed by atoms with Gasteiger partial charge in [0.25, 0.3) is 0 Å². The van der Waals surface area contributed by atoms with Gasteiger partial charge in [0, 0.05) is 6.54 Å². The molecule has 0 radical (unpaired) electrons. The van der Waals surface area contributed by atoms with E-state index in [-0.39, 0.29) is 73.3 Å². The minimum atomic E-state index is 0. The first-order valence-electron chi connectivity index (χ1n) is 3.77. The Morgan fingerprint density at radius 2 is 1.80 bits per heavy atom. The van der Waals surface area contributed by atoms with Crippen LogP contribution in [0.4, 0.5) is 0 Å². The fourth-order valence-electron chi connectivity index (χ4n) is 0.882. The van der Waals surface area contributed by atoms with Crippen LogP contribution in [-0.2, 0) is 36.0 Å². The van der Waals surface area contributed by atoms with Crippen molar-refractivity contribution in [2.75, 3.05) is 20.6 Å². The van der Waals surface area contributed by atoms with Gasteiger partial charge in [-0.25, -0.2) is 0 Å². The molecular formula is C8H15AuBr3N3. The van der Waals surface area contributed by atoms with E-state index in [0.29, 0.717) is 0 Å². The molecule has 3 nitrogen and oxygen atoms in total. The van der Waals surface area contributed by atoms with E-state index in [0.717, 1.165) is 13.1 Å². The van der Waals surface area contributed by atoms with Crippen LogP contribution in [0.2, 0.25) is 0 Å². The summed E-state index contributed by atoms with van der Waals surface area (Å²) in [7, 11) is 6.12. The van der Waals surface area contributed by atoms with E-state index in [1.807, 2.05) is 24.0 Å². The Hall–Kier alpha value is 1.35. The molecule has 0 aromatic carbocycles. The van der Waals surface area contributed by atoms with Crippen molar-refractivity contribution >= 4 is 0 Å². The Labute approximate surface area is 139 Å². The van der Waals surface area contributed by atoms with Crippen LogP contribution in [0.15, 0.2) is 12.4 Å². The number of nitrogens with zero attached hydrogens (tertiary/aromatic N) is 3. The molecule has 0 aliphatic heterocycles. The van der Waals surface area contributed by atoms with Crippen LogP contribution in [0.1, 0.15) is 0 Å². The van der Waals surface area contributed by atoms with Gasteiger partial charge in [0.15, 0.2) is 0 Å². The molecule has 0 atom stereocenters.